The summed E-state index contributed by atoms with van der Waals surface area (Å²) in [6.45, 7) is 0.115. The van der Waals surface area contributed by atoms with Crippen molar-refractivity contribution >= 4 is 23.2 Å². The lowest BCUT2D eigenvalue weighted by Crippen LogP contribution is -2.42. The SMILES string of the molecule is CN(C)[C@H](CNC(=O)C1=NN(c2c(F)c(F)cc(F)c2F)C(=O)CC1)c1ccco1. The molecule has 1 N–H and O–H groups in total. The van der Waals surface area contributed by atoms with Crippen LogP contribution in [0.5, 0.6) is 0 Å². The van der Waals surface area contributed by atoms with Crippen molar-refractivity contribution < 1.29 is 31.6 Å². The van der Waals surface area contributed by atoms with Crippen LogP contribution < -0.4 is 10.3 Å². The van der Waals surface area contributed by atoms with Gasteiger partial charge in [-0.2, -0.15) is 10.1 Å². The van der Waals surface area contributed by atoms with Gasteiger partial charge >= 0.3 is 0 Å². The minimum Gasteiger partial charge on any atom is -0.468 e. The van der Waals surface area contributed by atoms with Crippen LogP contribution in [-0.4, -0.2) is 43.1 Å². The van der Waals surface area contributed by atoms with Crippen LogP contribution in [0.2, 0.25) is 0 Å². The van der Waals surface area contributed by atoms with E-state index in [4.69, 9.17) is 4.42 Å². The molecule has 2 amide bonds. The summed E-state index contributed by atoms with van der Waals surface area (Å²) < 4.78 is 60.5. The Morgan fingerprint density at radius 3 is 2.47 bits per heavy atom. The maximum atomic E-state index is 14.1. The summed E-state index contributed by atoms with van der Waals surface area (Å²) >= 11 is 0. The van der Waals surface area contributed by atoms with Crippen LogP contribution in [0, 0.1) is 23.3 Å². The maximum Gasteiger partial charge on any atom is 0.267 e. The molecule has 3 rings (SSSR count). The van der Waals surface area contributed by atoms with E-state index in [0.29, 0.717) is 5.76 Å². The lowest BCUT2D eigenvalue weighted by molar-refractivity contribution is -0.119. The van der Waals surface area contributed by atoms with Crippen molar-refractivity contribution in [2.45, 2.75) is 18.9 Å². The predicted octanol–water partition coefficient (Wildman–Crippen LogP) is 2.74. The number of furan rings is 1. The lowest BCUT2D eigenvalue weighted by Gasteiger charge is -2.25. The van der Waals surface area contributed by atoms with Crippen molar-refractivity contribution in [1.82, 2.24) is 10.2 Å². The topological polar surface area (TPSA) is 78.2 Å². The molecule has 0 spiro atoms. The van der Waals surface area contributed by atoms with E-state index in [0.717, 1.165) is 0 Å². The molecule has 0 saturated carbocycles. The van der Waals surface area contributed by atoms with Gasteiger partial charge in [-0.1, -0.05) is 0 Å². The monoisotopic (exact) mass is 426 g/mol. The summed E-state index contributed by atoms with van der Waals surface area (Å²) in [4.78, 5) is 26.4. The van der Waals surface area contributed by atoms with E-state index in [2.05, 4.69) is 10.4 Å². The first kappa shape index (κ1) is 21.5. The van der Waals surface area contributed by atoms with Gasteiger partial charge in [-0.3, -0.25) is 14.5 Å². The van der Waals surface area contributed by atoms with Gasteiger partial charge in [0, 0.05) is 25.5 Å². The molecule has 7 nitrogen and oxygen atoms in total. The van der Waals surface area contributed by atoms with Gasteiger partial charge in [0.15, 0.2) is 23.3 Å². The van der Waals surface area contributed by atoms with Gasteiger partial charge in [0.05, 0.1) is 12.3 Å². The fraction of sp³-hybridized carbons (Fsp3) is 0.316. The zero-order valence-corrected chi connectivity index (χ0v) is 16.1. The highest BCUT2D eigenvalue weighted by atomic mass is 19.2. The first-order valence-electron chi connectivity index (χ1n) is 8.92. The molecule has 2 aromatic rings. The second-order valence-electron chi connectivity index (χ2n) is 6.77. The summed E-state index contributed by atoms with van der Waals surface area (Å²) in [7, 11) is 3.56. The lowest BCUT2D eigenvalue weighted by atomic mass is 10.1. The molecule has 0 radical (unpaired) electrons. The number of nitrogens with one attached hydrogen (secondary N) is 1. The molecule has 0 unspecified atom stereocenters. The van der Waals surface area contributed by atoms with Crippen molar-refractivity contribution in [3.8, 4) is 0 Å². The standard InChI is InChI=1S/C19H18F4N4O3/c1-26(2)13(14-4-3-7-30-14)9-24-19(29)12-5-6-15(28)27(25-12)18-16(22)10(20)8-11(21)17(18)23/h3-4,7-8,13H,5-6,9H2,1-2H3,(H,24,29)/t13-/m1/s1. The summed E-state index contributed by atoms with van der Waals surface area (Å²) in [5, 5.41) is 6.46. The van der Waals surface area contributed by atoms with E-state index in [1.165, 1.54) is 6.26 Å². The highest BCUT2D eigenvalue weighted by Gasteiger charge is 2.32. The van der Waals surface area contributed by atoms with Crippen molar-refractivity contribution in [3.63, 3.8) is 0 Å². The fourth-order valence-corrected chi connectivity index (χ4v) is 2.95. The largest absolute Gasteiger partial charge is 0.468 e. The number of hydrogen-bond acceptors (Lipinski definition) is 5. The molecule has 1 aliphatic rings. The van der Waals surface area contributed by atoms with Crippen LogP contribution in [-0.2, 0) is 9.59 Å². The van der Waals surface area contributed by atoms with Gasteiger partial charge < -0.3 is 9.73 Å². The molecule has 11 heteroatoms. The minimum atomic E-state index is -1.78. The molecule has 160 valence electrons. The molecular formula is C19H18F4N4O3. The molecule has 30 heavy (non-hydrogen) atoms. The number of benzene rings is 1. The molecule has 0 fully saturated rings. The normalized spacial score (nSPS) is 15.4. The first-order valence-corrected chi connectivity index (χ1v) is 8.92. The minimum absolute atomic E-state index is 0.0238. The molecule has 2 heterocycles. The van der Waals surface area contributed by atoms with Gasteiger partial charge in [0.25, 0.3) is 5.91 Å². The van der Waals surface area contributed by atoms with Gasteiger partial charge in [-0.05, 0) is 26.2 Å². The summed E-state index contributed by atoms with van der Waals surface area (Å²) in [5.41, 5.74) is -1.51. The van der Waals surface area contributed by atoms with Crippen LogP contribution >= 0.6 is 0 Å². The number of likely N-dealkylation sites (N-methyl/N-ethyl adjacent to an activating group) is 1. The van der Waals surface area contributed by atoms with Gasteiger partial charge in [-0.25, -0.2) is 17.6 Å². The Morgan fingerprint density at radius 1 is 1.23 bits per heavy atom. The molecule has 1 atom stereocenters. The zero-order valence-electron chi connectivity index (χ0n) is 16.1. The number of carbonyl (C=O) groups excluding carboxylic acids is 2. The quantitative estimate of drug-likeness (QED) is 0.569. The Labute approximate surface area is 168 Å². The summed E-state index contributed by atoms with van der Waals surface area (Å²) in [6, 6.07) is 3.15. The average Bonchev–Trinajstić information content (AvgIpc) is 3.22. The van der Waals surface area contributed by atoms with E-state index in [1.54, 1.807) is 31.1 Å². The molecule has 0 aliphatic carbocycles. The van der Waals surface area contributed by atoms with Gasteiger partial charge in [-0.15, -0.1) is 0 Å². The van der Waals surface area contributed by atoms with Crippen LogP contribution in [0.15, 0.2) is 34.0 Å². The molecule has 0 bridgehead atoms. The highest BCUT2D eigenvalue weighted by molar-refractivity contribution is 6.40. The average molecular weight is 426 g/mol. The van der Waals surface area contributed by atoms with Crippen LogP contribution in [0.3, 0.4) is 0 Å². The smallest absolute Gasteiger partial charge is 0.267 e. The Bertz CT molecular complexity index is 966. The Morgan fingerprint density at radius 2 is 1.90 bits per heavy atom. The number of hydrazone groups is 1. The predicted molar refractivity (Wildman–Crippen MR) is 98.6 cm³/mol. The third kappa shape index (κ3) is 4.20. The van der Waals surface area contributed by atoms with E-state index >= 15 is 0 Å². The second kappa shape index (κ2) is 8.66. The van der Waals surface area contributed by atoms with Crippen LogP contribution in [0.25, 0.3) is 0 Å². The molecular weight excluding hydrogens is 408 g/mol. The molecule has 1 aromatic carbocycles. The second-order valence-corrected chi connectivity index (χ2v) is 6.77. The number of hydrogen-bond donors (Lipinski definition) is 1. The fourth-order valence-electron chi connectivity index (χ4n) is 2.95. The number of anilines is 1. The van der Waals surface area contributed by atoms with Gasteiger partial charge in [0.2, 0.25) is 5.91 Å². The zero-order chi connectivity index (χ0) is 22.0. The number of nitrogens with zero attached hydrogens (tertiary/aromatic N) is 3. The van der Waals surface area contributed by atoms with E-state index in [-0.39, 0.29) is 42.2 Å². The number of carbonyl (C=O) groups is 2. The maximum absolute atomic E-state index is 14.1. The van der Waals surface area contributed by atoms with Gasteiger partial charge in [0.1, 0.15) is 17.2 Å². The number of halogens is 4. The van der Waals surface area contributed by atoms with E-state index < -0.39 is 40.8 Å². The summed E-state index contributed by atoms with van der Waals surface area (Å²) in [5.74, 6) is -7.93. The van der Waals surface area contributed by atoms with Crippen molar-refractivity contribution in [2.24, 2.45) is 5.10 Å². The van der Waals surface area contributed by atoms with E-state index in [1.807, 2.05) is 0 Å². The Hall–Kier alpha value is -3.21. The van der Waals surface area contributed by atoms with Crippen molar-refractivity contribution in [1.29, 1.82) is 0 Å². The van der Waals surface area contributed by atoms with Crippen LogP contribution in [0.1, 0.15) is 24.6 Å². The van der Waals surface area contributed by atoms with Crippen LogP contribution in [0.4, 0.5) is 23.2 Å². The summed E-state index contributed by atoms with van der Waals surface area (Å²) in [6.07, 6.45) is 1.07. The third-order valence-corrected chi connectivity index (χ3v) is 4.55. The molecule has 1 aromatic heterocycles. The number of rotatable bonds is 6. The first-order chi connectivity index (χ1) is 14.2. The Kier molecular flexibility index (Phi) is 6.20. The number of amides is 2. The third-order valence-electron chi connectivity index (χ3n) is 4.55. The highest BCUT2D eigenvalue weighted by Crippen LogP contribution is 2.30. The molecule has 1 aliphatic heterocycles. The van der Waals surface area contributed by atoms with Crippen molar-refractivity contribution in [2.75, 3.05) is 25.6 Å². The van der Waals surface area contributed by atoms with E-state index in [9.17, 15) is 27.2 Å². The molecule has 0 saturated heterocycles. The van der Waals surface area contributed by atoms with Crippen molar-refractivity contribution in [3.05, 3.63) is 53.5 Å². The Balaban J connectivity index is 1.83.